The number of imidazole rings is 1. The molecule has 1 saturated heterocycles. The van der Waals surface area contributed by atoms with E-state index in [9.17, 15) is 4.79 Å². The van der Waals surface area contributed by atoms with Gasteiger partial charge in [0.25, 0.3) is 5.91 Å². The van der Waals surface area contributed by atoms with Crippen LogP contribution in [0.2, 0.25) is 0 Å². The third-order valence-electron chi connectivity index (χ3n) is 4.12. The summed E-state index contributed by atoms with van der Waals surface area (Å²) in [7, 11) is 0. The molecule has 1 atom stereocenters. The minimum atomic E-state index is -0.0577. The lowest BCUT2D eigenvalue weighted by Crippen LogP contribution is -2.32. The first-order valence-corrected chi connectivity index (χ1v) is 7.51. The number of H-pyrrole nitrogens is 1. The highest BCUT2D eigenvalue weighted by Gasteiger charge is 2.30. The molecule has 20 heavy (non-hydrogen) atoms. The second-order valence-corrected chi connectivity index (χ2v) is 6.73. The van der Waals surface area contributed by atoms with E-state index in [1.165, 1.54) is 6.42 Å². The maximum absolute atomic E-state index is 12.1. The molecule has 3 heterocycles. The van der Waals surface area contributed by atoms with Crippen LogP contribution in [0.5, 0.6) is 0 Å². The second-order valence-electron chi connectivity index (χ2n) is 6.73. The molecular formula is C15H23N3O2. The molecule has 2 aliphatic heterocycles. The molecule has 0 spiro atoms. The van der Waals surface area contributed by atoms with Crippen LogP contribution in [0, 0.1) is 5.41 Å². The van der Waals surface area contributed by atoms with Crippen molar-refractivity contribution in [2.75, 3.05) is 13.2 Å². The number of nitrogens with zero attached hydrogens (tertiary/aromatic N) is 1. The first-order chi connectivity index (χ1) is 9.53. The number of carbonyl (C=O) groups excluding carboxylic acids is 1. The van der Waals surface area contributed by atoms with Crippen LogP contribution in [0.15, 0.2) is 0 Å². The summed E-state index contributed by atoms with van der Waals surface area (Å²) in [6, 6.07) is 0. The maximum Gasteiger partial charge on any atom is 0.271 e. The van der Waals surface area contributed by atoms with Crippen LogP contribution in [0.25, 0.3) is 0 Å². The highest BCUT2D eigenvalue weighted by Crippen LogP contribution is 2.26. The Kier molecular flexibility index (Phi) is 3.54. The van der Waals surface area contributed by atoms with Gasteiger partial charge in [-0.25, -0.2) is 4.98 Å². The van der Waals surface area contributed by atoms with E-state index in [4.69, 9.17) is 4.74 Å². The van der Waals surface area contributed by atoms with E-state index in [2.05, 4.69) is 29.1 Å². The monoisotopic (exact) mass is 277 g/mol. The Hall–Kier alpha value is -1.36. The first kappa shape index (κ1) is 13.6. The number of nitrogens with one attached hydrogen (secondary N) is 2. The SMILES string of the molecule is CC1(C)CNC(=O)c2nc(C[C@H]3CCCCO3)[nH]c2C1. The molecule has 0 radical (unpaired) electrons. The summed E-state index contributed by atoms with van der Waals surface area (Å²) in [5, 5.41) is 2.96. The average Bonchev–Trinajstić information content (AvgIpc) is 2.75. The lowest BCUT2D eigenvalue weighted by atomic mass is 9.88. The van der Waals surface area contributed by atoms with E-state index >= 15 is 0 Å². The Bertz CT molecular complexity index is 501. The minimum Gasteiger partial charge on any atom is -0.378 e. The molecule has 110 valence electrons. The van der Waals surface area contributed by atoms with Gasteiger partial charge in [-0.1, -0.05) is 13.8 Å². The Morgan fingerprint density at radius 2 is 2.25 bits per heavy atom. The number of amides is 1. The fourth-order valence-electron chi connectivity index (χ4n) is 3.00. The molecule has 0 unspecified atom stereocenters. The summed E-state index contributed by atoms with van der Waals surface area (Å²) >= 11 is 0. The van der Waals surface area contributed by atoms with Gasteiger partial charge in [0, 0.05) is 25.3 Å². The molecule has 1 fully saturated rings. The van der Waals surface area contributed by atoms with Crippen LogP contribution in [0.3, 0.4) is 0 Å². The quantitative estimate of drug-likeness (QED) is 0.866. The molecule has 0 bridgehead atoms. The van der Waals surface area contributed by atoms with E-state index in [0.29, 0.717) is 12.2 Å². The highest BCUT2D eigenvalue weighted by atomic mass is 16.5. The third kappa shape index (κ3) is 2.87. The van der Waals surface area contributed by atoms with Gasteiger partial charge >= 0.3 is 0 Å². The van der Waals surface area contributed by atoms with Crippen molar-refractivity contribution in [2.24, 2.45) is 5.41 Å². The van der Waals surface area contributed by atoms with E-state index in [1.54, 1.807) is 0 Å². The normalized spacial score (nSPS) is 25.7. The summed E-state index contributed by atoms with van der Waals surface area (Å²) in [4.78, 5) is 19.9. The van der Waals surface area contributed by atoms with Crippen molar-refractivity contribution in [1.29, 1.82) is 0 Å². The number of aromatic amines is 1. The predicted molar refractivity (Wildman–Crippen MR) is 75.7 cm³/mol. The summed E-state index contributed by atoms with van der Waals surface area (Å²) in [5.41, 5.74) is 1.60. The zero-order valence-corrected chi connectivity index (χ0v) is 12.3. The van der Waals surface area contributed by atoms with Gasteiger partial charge in [-0.15, -0.1) is 0 Å². The lowest BCUT2D eigenvalue weighted by molar-refractivity contribution is 0.0157. The van der Waals surface area contributed by atoms with Gasteiger partial charge in [0.1, 0.15) is 11.5 Å². The van der Waals surface area contributed by atoms with E-state index in [0.717, 1.165) is 43.8 Å². The predicted octanol–water partition coefficient (Wildman–Crippen LogP) is 1.83. The summed E-state index contributed by atoms with van der Waals surface area (Å²) in [6.45, 7) is 5.86. The molecule has 0 aliphatic carbocycles. The number of ether oxygens (including phenoxy) is 1. The van der Waals surface area contributed by atoms with Crippen LogP contribution in [0.1, 0.15) is 55.1 Å². The van der Waals surface area contributed by atoms with E-state index < -0.39 is 0 Å². The third-order valence-corrected chi connectivity index (χ3v) is 4.12. The van der Waals surface area contributed by atoms with Crippen molar-refractivity contribution in [2.45, 2.75) is 52.1 Å². The van der Waals surface area contributed by atoms with Crippen molar-refractivity contribution in [3.8, 4) is 0 Å². The number of hydrogen-bond acceptors (Lipinski definition) is 3. The maximum atomic E-state index is 12.1. The highest BCUT2D eigenvalue weighted by molar-refractivity contribution is 5.93. The summed E-state index contributed by atoms with van der Waals surface area (Å²) < 4.78 is 5.75. The van der Waals surface area contributed by atoms with Crippen LogP contribution in [-0.4, -0.2) is 35.1 Å². The molecule has 2 N–H and O–H groups in total. The Labute approximate surface area is 119 Å². The van der Waals surface area contributed by atoms with Gasteiger partial charge in [-0.05, 0) is 31.1 Å². The van der Waals surface area contributed by atoms with Crippen molar-refractivity contribution >= 4 is 5.91 Å². The molecule has 3 rings (SSSR count). The smallest absolute Gasteiger partial charge is 0.271 e. The number of fused-ring (bicyclic) bond motifs is 1. The van der Waals surface area contributed by atoms with Crippen LogP contribution < -0.4 is 5.32 Å². The zero-order chi connectivity index (χ0) is 14.2. The molecule has 0 aromatic carbocycles. The van der Waals surface area contributed by atoms with Crippen molar-refractivity contribution in [3.63, 3.8) is 0 Å². The van der Waals surface area contributed by atoms with Crippen LogP contribution in [0.4, 0.5) is 0 Å². The number of aromatic nitrogens is 2. The largest absolute Gasteiger partial charge is 0.378 e. The fourth-order valence-corrected chi connectivity index (χ4v) is 3.00. The molecule has 5 heteroatoms. The number of carbonyl (C=O) groups is 1. The van der Waals surface area contributed by atoms with Crippen molar-refractivity contribution in [1.82, 2.24) is 15.3 Å². The lowest BCUT2D eigenvalue weighted by Gasteiger charge is -2.22. The molecular weight excluding hydrogens is 254 g/mol. The summed E-state index contributed by atoms with van der Waals surface area (Å²) in [6.07, 6.45) is 5.33. The van der Waals surface area contributed by atoms with E-state index in [1.807, 2.05) is 0 Å². The number of hydrogen-bond donors (Lipinski definition) is 2. The molecule has 1 aromatic heterocycles. The Morgan fingerprint density at radius 1 is 1.40 bits per heavy atom. The topological polar surface area (TPSA) is 67.0 Å². The second kappa shape index (κ2) is 5.20. The minimum absolute atomic E-state index is 0.0577. The standard InChI is InChI=1S/C15H23N3O2/c1-15(2)8-11-13(14(19)16-9-15)18-12(17-11)7-10-5-3-4-6-20-10/h10H,3-9H2,1-2H3,(H,16,19)(H,17,18)/t10-/m1/s1. The molecule has 2 aliphatic rings. The molecule has 1 amide bonds. The number of rotatable bonds is 2. The first-order valence-electron chi connectivity index (χ1n) is 7.51. The Balaban J connectivity index is 1.78. The van der Waals surface area contributed by atoms with Gasteiger partial charge in [0.05, 0.1) is 6.10 Å². The zero-order valence-electron chi connectivity index (χ0n) is 12.3. The molecule has 5 nitrogen and oxygen atoms in total. The van der Waals surface area contributed by atoms with Crippen molar-refractivity contribution < 1.29 is 9.53 Å². The molecule has 0 saturated carbocycles. The van der Waals surface area contributed by atoms with Gasteiger partial charge in [-0.3, -0.25) is 4.79 Å². The van der Waals surface area contributed by atoms with Crippen molar-refractivity contribution in [3.05, 3.63) is 17.2 Å². The van der Waals surface area contributed by atoms with Gasteiger partial charge in [0.2, 0.25) is 0 Å². The van der Waals surface area contributed by atoms with Gasteiger partial charge in [-0.2, -0.15) is 0 Å². The van der Waals surface area contributed by atoms with Gasteiger partial charge < -0.3 is 15.0 Å². The van der Waals surface area contributed by atoms with Gasteiger partial charge in [0.15, 0.2) is 0 Å². The Morgan fingerprint density at radius 3 is 3.00 bits per heavy atom. The molecule has 1 aromatic rings. The van der Waals surface area contributed by atoms with Crippen LogP contribution >= 0.6 is 0 Å². The summed E-state index contributed by atoms with van der Waals surface area (Å²) in [5.74, 6) is 0.826. The van der Waals surface area contributed by atoms with E-state index in [-0.39, 0.29) is 17.4 Å². The average molecular weight is 277 g/mol. The fraction of sp³-hybridized carbons (Fsp3) is 0.733. The van der Waals surface area contributed by atoms with Crippen LogP contribution in [-0.2, 0) is 17.6 Å².